The molecule has 0 radical (unpaired) electrons. The number of hydrogen-bond acceptors (Lipinski definition) is 3. The van der Waals surface area contributed by atoms with Crippen LogP contribution >= 0.6 is 0 Å². The summed E-state index contributed by atoms with van der Waals surface area (Å²) in [7, 11) is 2.07. The maximum atomic E-state index is 4.63. The van der Waals surface area contributed by atoms with Crippen molar-refractivity contribution in [1.82, 2.24) is 15.1 Å². The zero-order chi connectivity index (χ0) is 14.0. The average Bonchev–Trinajstić information content (AvgIpc) is 3.11. The fraction of sp³-hybridized carbons (Fsp3) is 0.800. The van der Waals surface area contributed by atoms with E-state index in [-0.39, 0.29) is 0 Å². The van der Waals surface area contributed by atoms with Gasteiger partial charge in [0.15, 0.2) is 0 Å². The second-order valence-electron chi connectivity index (χ2n) is 5.98. The molecule has 0 spiro atoms. The van der Waals surface area contributed by atoms with Gasteiger partial charge in [-0.2, -0.15) is 5.10 Å². The van der Waals surface area contributed by atoms with E-state index >= 15 is 0 Å². The molecule has 0 atom stereocenters. The van der Waals surface area contributed by atoms with Crippen LogP contribution in [0.2, 0.25) is 0 Å². The monoisotopic (exact) mass is 264 g/mol. The van der Waals surface area contributed by atoms with Gasteiger partial charge in [0.2, 0.25) is 0 Å². The summed E-state index contributed by atoms with van der Waals surface area (Å²) in [6.45, 7) is 11.9. The molecule has 1 heterocycles. The van der Waals surface area contributed by atoms with Gasteiger partial charge in [0, 0.05) is 31.7 Å². The molecular weight excluding hydrogens is 236 g/mol. The Labute approximate surface area is 117 Å². The van der Waals surface area contributed by atoms with E-state index in [1.807, 2.05) is 0 Å². The number of hydrogen-bond donors (Lipinski definition) is 1. The van der Waals surface area contributed by atoms with E-state index in [1.54, 1.807) is 0 Å². The maximum absolute atomic E-state index is 4.63. The maximum Gasteiger partial charge on any atom is 0.131 e. The summed E-state index contributed by atoms with van der Waals surface area (Å²) >= 11 is 0. The molecule has 0 aromatic carbocycles. The van der Waals surface area contributed by atoms with Gasteiger partial charge < -0.3 is 10.2 Å². The first-order valence-electron chi connectivity index (χ1n) is 7.54. The summed E-state index contributed by atoms with van der Waals surface area (Å²) in [5, 5.41) is 8.07. The minimum absolute atomic E-state index is 0.524. The van der Waals surface area contributed by atoms with E-state index in [9.17, 15) is 0 Å². The summed E-state index contributed by atoms with van der Waals surface area (Å²) in [5.41, 5.74) is 2.51. The molecule has 0 amide bonds. The van der Waals surface area contributed by atoms with Crippen LogP contribution in [-0.2, 0) is 13.6 Å². The molecular formula is C15H28N4. The quantitative estimate of drug-likeness (QED) is 0.821. The Morgan fingerprint density at radius 3 is 2.63 bits per heavy atom. The van der Waals surface area contributed by atoms with Crippen LogP contribution in [0.1, 0.15) is 44.9 Å². The van der Waals surface area contributed by atoms with Gasteiger partial charge in [-0.05, 0) is 46.1 Å². The van der Waals surface area contributed by atoms with Crippen LogP contribution in [0.25, 0.3) is 0 Å². The standard InChI is InChI=1S/C15H28N4/c1-6-16-9-14-12(4)17-18(5)15(14)19(11(2)3)10-13-7-8-13/h11,13,16H,6-10H2,1-5H3. The molecule has 4 heteroatoms. The lowest BCUT2D eigenvalue weighted by molar-refractivity contribution is 0.604. The smallest absolute Gasteiger partial charge is 0.131 e. The van der Waals surface area contributed by atoms with E-state index < -0.39 is 0 Å². The van der Waals surface area contributed by atoms with Gasteiger partial charge in [-0.25, -0.2) is 0 Å². The van der Waals surface area contributed by atoms with Crippen LogP contribution in [0.15, 0.2) is 0 Å². The molecule has 0 saturated heterocycles. The molecule has 2 rings (SSSR count). The van der Waals surface area contributed by atoms with Crippen molar-refractivity contribution in [3.63, 3.8) is 0 Å². The summed E-state index contributed by atoms with van der Waals surface area (Å²) < 4.78 is 2.06. The van der Waals surface area contributed by atoms with Gasteiger partial charge in [0.1, 0.15) is 5.82 Å². The first-order valence-corrected chi connectivity index (χ1v) is 7.54. The third-order valence-electron chi connectivity index (χ3n) is 3.91. The van der Waals surface area contributed by atoms with Gasteiger partial charge in [0.05, 0.1) is 5.69 Å². The molecule has 1 N–H and O–H groups in total. The minimum Gasteiger partial charge on any atom is -0.354 e. The first kappa shape index (κ1) is 14.4. The highest BCUT2D eigenvalue weighted by molar-refractivity contribution is 5.51. The molecule has 0 aliphatic heterocycles. The van der Waals surface area contributed by atoms with Crippen LogP contribution in [-0.4, -0.2) is 28.9 Å². The van der Waals surface area contributed by atoms with Crippen LogP contribution in [0.4, 0.5) is 5.82 Å². The number of aryl methyl sites for hydroxylation is 2. The lowest BCUT2D eigenvalue weighted by Crippen LogP contribution is -2.35. The highest BCUT2D eigenvalue weighted by Crippen LogP contribution is 2.34. The number of nitrogens with zero attached hydrogens (tertiary/aromatic N) is 3. The second-order valence-corrected chi connectivity index (χ2v) is 5.98. The number of aromatic nitrogens is 2. The molecule has 1 aliphatic rings. The fourth-order valence-corrected chi connectivity index (χ4v) is 2.63. The van der Waals surface area contributed by atoms with Crippen LogP contribution in [0, 0.1) is 12.8 Å². The van der Waals surface area contributed by atoms with Gasteiger partial charge in [-0.15, -0.1) is 0 Å². The lowest BCUT2D eigenvalue weighted by atomic mass is 10.2. The van der Waals surface area contributed by atoms with Crippen molar-refractivity contribution < 1.29 is 0 Å². The Kier molecular flexibility index (Phi) is 4.50. The number of anilines is 1. The highest BCUT2D eigenvalue weighted by Gasteiger charge is 2.28. The molecule has 1 aromatic heterocycles. The van der Waals surface area contributed by atoms with Crippen molar-refractivity contribution in [1.29, 1.82) is 0 Å². The molecule has 1 aromatic rings. The largest absolute Gasteiger partial charge is 0.354 e. The Morgan fingerprint density at radius 2 is 2.11 bits per heavy atom. The van der Waals surface area contributed by atoms with Gasteiger partial charge >= 0.3 is 0 Å². The average molecular weight is 264 g/mol. The van der Waals surface area contributed by atoms with Crippen LogP contribution in [0.5, 0.6) is 0 Å². The zero-order valence-electron chi connectivity index (χ0n) is 13.0. The molecule has 108 valence electrons. The van der Waals surface area contributed by atoms with Crippen LogP contribution in [0.3, 0.4) is 0 Å². The molecule has 19 heavy (non-hydrogen) atoms. The van der Waals surface area contributed by atoms with Crippen molar-refractivity contribution in [2.45, 2.75) is 53.1 Å². The number of nitrogens with one attached hydrogen (secondary N) is 1. The van der Waals surface area contributed by atoms with Crippen molar-refractivity contribution in [3.8, 4) is 0 Å². The second kappa shape index (κ2) is 5.95. The lowest BCUT2D eigenvalue weighted by Gasteiger charge is -2.30. The molecule has 0 unspecified atom stereocenters. The molecule has 1 aliphatic carbocycles. The first-order chi connectivity index (χ1) is 9.04. The highest BCUT2D eigenvalue weighted by atomic mass is 15.4. The summed E-state index contributed by atoms with van der Waals surface area (Å²) in [4.78, 5) is 2.53. The minimum atomic E-state index is 0.524. The molecule has 0 bridgehead atoms. The number of rotatable bonds is 7. The van der Waals surface area contributed by atoms with Gasteiger partial charge in [-0.1, -0.05) is 6.92 Å². The predicted molar refractivity (Wildman–Crippen MR) is 80.5 cm³/mol. The van der Waals surface area contributed by atoms with E-state index in [0.29, 0.717) is 6.04 Å². The predicted octanol–water partition coefficient (Wildman–Crippen LogP) is 2.46. The van der Waals surface area contributed by atoms with Gasteiger partial charge in [0.25, 0.3) is 0 Å². The Balaban J connectivity index is 2.27. The summed E-state index contributed by atoms with van der Waals surface area (Å²) in [5.74, 6) is 2.20. The normalized spacial score (nSPS) is 15.3. The van der Waals surface area contributed by atoms with Crippen molar-refractivity contribution in [3.05, 3.63) is 11.3 Å². The van der Waals surface area contributed by atoms with Crippen molar-refractivity contribution >= 4 is 5.82 Å². The Hall–Kier alpha value is -1.03. The topological polar surface area (TPSA) is 33.1 Å². The third kappa shape index (κ3) is 3.30. The Morgan fingerprint density at radius 1 is 1.42 bits per heavy atom. The van der Waals surface area contributed by atoms with E-state index in [0.717, 1.165) is 24.7 Å². The molecule has 4 nitrogen and oxygen atoms in total. The Bertz CT molecular complexity index is 418. The molecule has 1 fully saturated rings. The van der Waals surface area contributed by atoms with Crippen molar-refractivity contribution in [2.75, 3.05) is 18.0 Å². The van der Waals surface area contributed by atoms with E-state index in [1.165, 1.54) is 30.8 Å². The van der Waals surface area contributed by atoms with E-state index in [2.05, 4.69) is 54.7 Å². The van der Waals surface area contributed by atoms with E-state index in [4.69, 9.17) is 0 Å². The van der Waals surface area contributed by atoms with Gasteiger partial charge in [-0.3, -0.25) is 4.68 Å². The fourth-order valence-electron chi connectivity index (χ4n) is 2.63. The summed E-state index contributed by atoms with van der Waals surface area (Å²) in [6.07, 6.45) is 2.78. The molecule has 1 saturated carbocycles. The zero-order valence-corrected chi connectivity index (χ0v) is 13.0. The third-order valence-corrected chi connectivity index (χ3v) is 3.91. The van der Waals surface area contributed by atoms with Crippen molar-refractivity contribution in [2.24, 2.45) is 13.0 Å². The SMILES string of the molecule is CCNCc1c(C)nn(C)c1N(CC1CC1)C(C)C. The summed E-state index contributed by atoms with van der Waals surface area (Å²) in [6, 6.07) is 0.524. The van der Waals surface area contributed by atoms with Crippen LogP contribution < -0.4 is 10.2 Å².